The van der Waals surface area contributed by atoms with Crippen LogP contribution in [-0.2, 0) is 0 Å². The van der Waals surface area contributed by atoms with Gasteiger partial charge >= 0.3 is 0 Å². The zero-order valence-corrected chi connectivity index (χ0v) is 12.5. The van der Waals surface area contributed by atoms with E-state index in [4.69, 9.17) is 0 Å². The van der Waals surface area contributed by atoms with E-state index >= 15 is 0 Å². The van der Waals surface area contributed by atoms with Gasteiger partial charge in [-0.15, -0.1) is 0 Å². The van der Waals surface area contributed by atoms with Crippen molar-refractivity contribution in [2.75, 3.05) is 26.7 Å². The SMILES string of the molecule is CCN1CCC(N(C)C(=O)c2ccc(C)cc2F)CC1. The minimum atomic E-state index is -0.423. The summed E-state index contributed by atoms with van der Waals surface area (Å²) in [6.45, 7) is 7.04. The first-order chi connectivity index (χ1) is 9.52. The smallest absolute Gasteiger partial charge is 0.256 e. The molecule has 1 aromatic carbocycles. The summed E-state index contributed by atoms with van der Waals surface area (Å²) in [7, 11) is 1.79. The molecule has 0 aromatic heterocycles. The minimum absolute atomic E-state index is 0.177. The van der Waals surface area contributed by atoms with Gasteiger partial charge in [-0.25, -0.2) is 4.39 Å². The highest BCUT2D eigenvalue weighted by Gasteiger charge is 2.26. The van der Waals surface area contributed by atoms with Crippen molar-refractivity contribution in [2.24, 2.45) is 0 Å². The first-order valence-corrected chi connectivity index (χ1v) is 7.28. The highest BCUT2D eigenvalue weighted by molar-refractivity contribution is 5.94. The van der Waals surface area contributed by atoms with Crippen LogP contribution < -0.4 is 0 Å². The lowest BCUT2D eigenvalue weighted by Gasteiger charge is -2.36. The molecule has 1 amide bonds. The maximum atomic E-state index is 13.9. The van der Waals surface area contributed by atoms with Gasteiger partial charge in [0.2, 0.25) is 0 Å². The molecule has 1 aliphatic heterocycles. The number of rotatable bonds is 3. The van der Waals surface area contributed by atoms with E-state index in [2.05, 4.69) is 11.8 Å². The van der Waals surface area contributed by atoms with Crippen molar-refractivity contribution in [3.63, 3.8) is 0 Å². The second-order valence-electron chi connectivity index (χ2n) is 5.56. The zero-order chi connectivity index (χ0) is 14.7. The Kier molecular flexibility index (Phi) is 4.76. The van der Waals surface area contributed by atoms with E-state index in [0.29, 0.717) is 0 Å². The van der Waals surface area contributed by atoms with Crippen LogP contribution in [0.2, 0.25) is 0 Å². The van der Waals surface area contributed by atoms with Gasteiger partial charge in [0.05, 0.1) is 5.56 Å². The van der Waals surface area contributed by atoms with Gasteiger partial charge in [-0.05, 0) is 44.0 Å². The number of halogens is 1. The van der Waals surface area contributed by atoms with Crippen molar-refractivity contribution < 1.29 is 9.18 Å². The summed E-state index contributed by atoms with van der Waals surface area (Å²) in [5, 5.41) is 0. The van der Waals surface area contributed by atoms with Crippen molar-refractivity contribution in [3.8, 4) is 0 Å². The summed E-state index contributed by atoms with van der Waals surface area (Å²) in [6.07, 6.45) is 1.92. The third kappa shape index (κ3) is 3.18. The van der Waals surface area contributed by atoms with Gasteiger partial charge in [0.25, 0.3) is 5.91 Å². The van der Waals surface area contributed by atoms with E-state index in [-0.39, 0.29) is 17.5 Å². The fourth-order valence-electron chi connectivity index (χ4n) is 2.77. The lowest BCUT2D eigenvalue weighted by atomic mass is 10.0. The number of hydrogen-bond acceptors (Lipinski definition) is 2. The minimum Gasteiger partial charge on any atom is -0.339 e. The largest absolute Gasteiger partial charge is 0.339 e. The Morgan fingerprint density at radius 1 is 1.40 bits per heavy atom. The van der Waals surface area contributed by atoms with Crippen LogP contribution >= 0.6 is 0 Å². The molecule has 1 aliphatic rings. The van der Waals surface area contributed by atoms with Crippen LogP contribution in [0.1, 0.15) is 35.7 Å². The molecule has 1 fully saturated rings. The summed E-state index contributed by atoms with van der Waals surface area (Å²) >= 11 is 0. The molecular weight excluding hydrogens is 255 g/mol. The van der Waals surface area contributed by atoms with Crippen LogP contribution in [-0.4, -0.2) is 48.4 Å². The highest BCUT2D eigenvalue weighted by Crippen LogP contribution is 2.19. The molecule has 1 heterocycles. The average molecular weight is 278 g/mol. The number of benzene rings is 1. The first kappa shape index (κ1) is 15.0. The van der Waals surface area contributed by atoms with Crippen molar-refractivity contribution in [2.45, 2.75) is 32.7 Å². The number of nitrogens with zero attached hydrogens (tertiary/aromatic N) is 2. The Balaban J connectivity index is 2.05. The lowest BCUT2D eigenvalue weighted by molar-refractivity contribution is 0.0642. The van der Waals surface area contributed by atoms with Crippen molar-refractivity contribution in [1.82, 2.24) is 9.80 Å². The fraction of sp³-hybridized carbons (Fsp3) is 0.562. The van der Waals surface area contributed by atoms with Gasteiger partial charge in [0, 0.05) is 26.2 Å². The highest BCUT2D eigenvalue weighted by atomic mass is 19.1. The van der Waals surface area contributed by atoms with Gasteiger partial charge in [0.1, 0.15) is 5.82 Å². The van der Waals surface area contributed by atoms with Crippen LogP contribution in [0.3, 0.4) is 0 Å². The normalized spacial score (nSPS) is 17.2. The van der Waals surface area contributed by atoms with Gasteiger partial charge in [0.15, 0.2) is 0 Å². The summed E-state index contributed by atoms with van der Waals surface area (Å²) in [5.74, 6) is -0.634. The number of hydrogen-bond donors (Lipinski definition) is 0. The Hall–Kier alpha value is -1.42. The Bertz CT molecular complexity index is 481. The Morgan fingerprint density at radius 3 is 2.60 bits per heavy atom. The zero-order valence-electron chi connectivity index (χ0n) is 12.5. The standard InChI is InChI=1S/C16H23FN2O/c1-4-19-9-7-13(8-10-19)18(3)16(20)14-6-5-12(2)11-15(14)17/h5-6,11,13H,4,7-10H2,1-3H3. The van der Waals surface area contributed by atoms with Crippen LogP contribution in [0, 0.1) is 12.7 Å². The van der Waals surface area contributed by atoms with E-state index in [1.54, 1.807) is 24.1 Å². The van der Waals surface area contributed by atoms with Crippen molar-refractivity contribution in [1.29, 1.82) is 0 Å². The Morgan fingerprint density at radius 2 is 2.05 bits per heavy atom. The summed E-state index contributed by atoms with van der Waals surface area (Å²) < 4.78 is 13.9. The molecule has 3 nitrogen and oxygen atoms in total. The Labute approximate surface area is 120 Å². The van der Waals surface area contributed by atoms with Crippen molar-refractivity contribution in [3.05, 3.63) is 35.1 Å². The maximum absolute atomic E-state index is 13.9. The summed E-state index contributed by atoms with van der Waals surface area (Å²) in [6, 6.07) is 5.00. The third-order valence-corrected chi connectivity index (χ3v) is 4.23. The predicted octanol–water partition coefficient (Wildman–Crippen LogP) is 2.69. The molecule has 0 aliphatic carbocycles. The molecule has 4 heteroatoms. The first-order valence-electron chi connectivity index (χ1n) is 7.28. The monoisotopic (exact) mass is 278 g/mol. The predicted molar refractivity (Wildman–Crippen MR) is 78.4 cm³/mol. The molecule has 0 spiro atoms. The van der Waals surface area contributed by atoms with Gasteiger partial charge in [-0.3, -0.25) is 4.79 Å². The molecule has 110 valence electrons. The number of carbonyl (C=O) groups is 1. The molecule has 0 unspecified atom stereocenters. The fourth-order valence-corrected chi connectivity index (χ4v) is 2.77. The lowest BCUT2D eigenvalue weighted by Crippen LogP contribution is -2.45. The molecule has 1 aromatic rings. The third-order valence-electron chi connectivity index (χ3n) is 4.23. The van der Waals surface area contributed by atoms with Gasteiger partial charge in [-0.1, -0.05) is 13.0 Å². The van der Waals surface area contributed by atoms with E-state index < -0.39 is 5.82 Å². The second kappa shape index (κ2) is 6.35. The molecule has 0 N–H and O–H groups in total. The van der Waals surface area contributed by atoms with Crippen LogP contribution in [0.25, 0.3) is 0 Å². The molecular formula is C16H23FN2O. The number of likely N-dealkylation sites (tertiary alicyclic amines) is 1. The molecule has 0 atom stereocenters. The number of carbonyl (C=O) groups excluding carboxylic acids is 1. The van der Waals surface area contributed by atoms with E-state index in [1.807, 2.05) is 6.92 Å². The van der Waals surface area contributed by atoms with Crippen LogP contribution in [0.15, 0.2) is 18.2 Å². The van der Waals surface area contributed by atoms with E-state index in [9.17, 15) is 9.18 Å². The average Bonchev–Trinajstić information content (AvgIpc) is 2.46. The number of amides is 1. The maximum Gasteiger partial charge on any atom is 0.256 e. The van der Waals surface area contributed by atoms with Crippen LogP contribution in [0.5, 0.6) is 0 Å². The molecule has 1 saturated heterocycles. The van der Waals surface area contributed by atoms with Crippen molar-refractivity contribution >= 4 is 5.91 Å². The number of aryl methyl sites for hydroxylation is 1. The molecule has 20 heavy (non-hydrogen) atoms. The summed E-state index contributed by atoms with van der Waals surface area (Å²) in [4.78, 5) is 16.5. The molecule has 0 saturated carbocycles. The molecule has 0 bridgehead atoms. The number of piperidine rings is 1. The second-order valence-corrected chi connectivity index (χ2v) is 5.56. The topological polar surface area (TPSA) is 23.6 Å². The van der Waals surface area contributed by atoms with E-state index in [1.165, 1.54) is 6.07 Å². The van der Waals surface area contributed by atoms with Gasteiger partial charge in [-0.2, -0.15) is 0 Å². The quantitative estimate of drug-likeness (QED) is 0.848. The van der Waals surface area contributed by atoms with Crippen LogP contribution in [0.4, 0.5) is 4.39 Å². The molecule has 2 rings (SSSR count). The van der Waals surface area contributed by atoms with E-state index in [0.717, 1.165) is 38.0 Å². The molecule has 0 radical (unpaired) electrons. The summed E-state index contributed by atoms with van der Waals surface area (Å²) in [5.41, 5.74) is 1.01. The van der Waals surface area contributed by atoms with Gasteiger partial charge < -0.3 is 9.80 Å².